The van der Waals surface area contributed by atoms with Gasteiger partial charge in [-0.05, 0) is 56.1 Å². The second-order valence-corrected chi connectivity index (χ2v) is 8.52. The summed E-state index contributed by atoms with van der Waals surface area (Å²) < 4.78 is 42.5. The molecule has 0 saturated carbocycles. The number of methoxy groups -OCH3 is 3. The number of benzene rings is 2. The molecule has 7 nitrogen and oxygen atoms in total. The second kappa shape index (κ2) is 17.3. The van der Waals surface area contributed by atoms with Crippen molar-refractivity contribution in [3.8, 4) is 0 Å². The number of carboxylic acids is 1. The number of carbonyl (C=O) groups is 3. The van der Waals surface area contributed by atoms with Gasteiger partial charge in [0.2, 0.25) is 0 Å². The summed E-state index contributed by atoms with van der Waals surface area (Å²) in [5.74, 6) is -3.92. The van der Waals surface area contributed by atoms with Crippen LogP contribution in [0.3, 0.4) is 0 Å². The minimum Gasteiger partial charge on any atom is -0.481 e. The van der Waals surface area contributed by atoms with E-state index in [-0.39, 0.29) is 62.3 Å². The summed E-state index contributed by atoms with van der Waals surface area (Å²) in [6.07, 6.45) is -0.0173. The molecule has 0 aromatic heterocycles. The average molecular weight is 642 g/mol. The molecule has 2 rings (SSSR count). The van der Waals surface area contributed by atoms with E-state index >= 15 is 0 Å². The molecule has 0 aliphatic carbocycles. The second-order valence-electron chi connectivity index (χ2n) is 6.81. The fourth-order valence-electron chi connectivity index (χ4n) is 2.80. The maximum Gasteiger partial charge on any atom is 0.305 e. The van der Waals surface area contributed by atoms with Gasteiger partial charge in [-0.1, -0.05) is 27.0 Å². The van der Waals surface area contributed by atoms with Crippen molar-refractivity contribution in [2.24, 2.45) is 0 Å². The van der Waals surface area contributed by atoms with E-state index in [1.807, 2.05) is 0 Å². The van der Waals surface area contributed by atoms with Crippen LogP contribution in [0.15, 0.2) is 45.3 Å². The lowest BCUT2D eigenvalue weighted by atomic mass is 10.00. The summed E-state index contributed by atoms with van der Waals surface area (Å²) in [5, 5.41) is 8.37. The molecule has 0 atom stereocenters. The van der Waals surface area contributed by atoms with E-state index in [9.17, 15) is 23.2 Å². The summed E-state index contributed by atoms with van der Waals surface area (Å²) in [6, 6.07) is 8.52. The lowest BCUT2D eigenvalue weighted by molar-refractivity contribution is -0.222. The Morgan fingerprint density at radius 2 is 1.39 bits per heavy atom. The Kier molecular flexibility index (Phi) is 17.3. The zero-order chi connectivity index (χ0) is 25.9. The first kappa shape index (κ1) is 35.9. The molecule has 0 unspecified atom stereocenters. The normalized spacial score (nSPS) is 10.2. The first-order valence-corrected chi connectivity index (χ1v) is 11.4. The predicted molar refractivity (Wildman–Crippen MR) is 140 cm³/mol. The summed E-state index contributed by atoms with van der Waals surface area (Å²) in [7, 11) is 4.20. The SMILES string of the molecule is C.C.COC(=O)CCC(OC)(OC)c1ccc(Br)c(F)c1.O=C(O)CCC(=O)c1ccc(Br)c(F)c1. The summed E-state index contributed by atoms with van der Waals surface area (Å²) in [4.78, 5) is 32.8. The number of esters is 1. The standard InChI is InChI=1S/C13H16BrFO4.C10H8BrFO3.2CH4/c1-17-12(16)6-7-13(18-2,19-3)9-4-5-10(14)11(15)8-9;11-7-2-1-6(5-8(7)12)9(13)3-4-10(14)15;;/h4-5,8H,6-7H2,1-3H3;1-2,5H,3-4H2,(H,14,15);2*1H4. The molecular weight excluding hydrogens is 610 g/mol. The van der Waals surface area contributed by atoms with Crippen molar-refractivity contribution in [2.75, 3.05) is 21.3 Å². The van der Waals surface area contributed by atoms with Gasteiger partial charge < -0.3 is 19.3 Å². The number of carbonyl (C=O) groups excluding carboxylic acids is 2. The Morgan fingerprint density at radius 3 is 1.83 bits per heavy atom. The average Bonchev–Trinajstić information content (AvgIpc) is 2.82. The molecule has 2 aromatic carbocycles. The van der Waals surface area contributed by atoms with E-state index in [4.69, 9.17) is 14.6 Å². The molecule has 0 radical (unpaired) electrons. The molecule has 0 bridgehead atoms. The van der Waals surface area contributed by atoms with E-state index in [1.54, 1.807) is 12.1 Å². The fourth-order valence-corrected chi connectivity index (χ4v) is 3.30. The van der Waals surface area contributed by atoms with Gasteiger partial charge in [-0.25, -0.2) is 8.78 Å². The van der Waals surface area contributed by atoms with Crippen LogP contribution >= 0.6 is 31.9 Å². The number of halogens is 4. The van der Waals surface area contributed by atoms with Crippen LogP contribution in [0.1, 0.15) is 56.5 Å². The summed E-state index contributed by atoms with van der Waals surface area (Å²) >= 11 is 6.04. The zero-order valence-corrected chi connectivity index (χ0v) is 21.9. The predicted octanol–water partition coefficient (Wildman–Crippen LogP) is 6.89. The number of hydrogen-bond donors (Lipinski definition) is 1. The molecule has 0 heterocycles. The number of carboxylic acid groups (broad SMARTS) is 1. The fraction of sp³-hybridized carbons (Fsp3) is 0.400. The van der Waals surface area contributed by atoms with Crippen LogP contribution in [0, 0.1) is 11.6 Å². The van der Waals surface area contributed by atoms with Crippen molar-refractivity contribution < 1.29 is 42.5 Å². The van der Waals surface area contributed by atoms with Crippen LogP contribution in [0.2, 0.25) is 0 Å². The number of Topliss-reactive ketones (excluding diaryl/α,β-unsaturated/α-hetero) is 1. The van der Waals surface area contributed by atoms with Gasteiger partial charge in [0, 0.05) is 38.2 Å². The van der Waals surface area contributed by atoms with Crippen LogP contribution in [0.4, 0.5) is 8.78 Å². The third kappa shape index (κ3) is 10.8. The number of hydrogen-bond acceptors (Lipinski definition) is 6. The molecule has 0 saturated heterocycles. The number of aliphatic carboxylic acids is 1. The number of ether oxygens (including phenoxy) is 3. The van der Waals surface area contributed by atoms with E-state index in [0.717, 1.165) is 6.07 Å². The quantitative estimate of drug-likeness (QED) is 0.171. The van der Waals surface area contributed by atoms with Crippen LogP contribution in [-0.2, 0) is 29.6 Å². The molecule has 202 valence electrons. The maximum atomic E-state index is 13.6. The van der Waals surface area contributed by atoms with E-state index in [1.165, 1.54) is 39.5 Å². The Balaban J connectivity index is 0. The summed E-state index contributed by atoms with van der Waals surface area (Å²) in [5.41, 5.74) is 0.694. The van der Waals surface area contributed by atoms with Crippen LogP contribution in [-0.4, -0.2) is 44.2 Å². The van der Waals surface area contributed by atoms with E-state index < -0.39 is 23.4 Å². The van der Waals surface area contributed by atoms with E-state index in [0.29, 0.717) is 10.0 Å². The topological polar surface area (TPSA) is 99.1 Å². The van der Waals surface area contributed by atoms with Gasteiger partial charge in [0.05, 0.1) is 28.9 Å². The van der Waals surface area contributed by atoms with Crippen LogP contribution in [0.25, 0.3) is 0 Å². The number of rotatable bonds is 10. The van der Waals surface area contributed by atoms with Gasteiger partial charge in [0.15, 0.2) is 11.6 Å². The zero-order valence-electron chi connectivity index (χ0n) is 18.7. The molecule has 36 heavy (non-hydrogen) atoms. The Morgan fingerprint density at radius 1 is 0.861 bits per heavy atom. The van der Waals surface area contributed by atoms with Crippen LogP contribution < -0.4 is 0 Å². The molecule has 0 amide bonds. The Bertz CT molecular complexity index is 1010. The first-order chi connectivity index (χ1) is 16.0. The summed E-state index contributed by atoms with van der Waals surface area (Å²) in [6.45, 7) is 0. The molecule has 1 N–H and O–H groups in total. The highest BCUT2D eigenvalue weighted by Crippen LogP contribution is 2.33. The molecule has 0 aliphatic rings. The van der Waals surface area contributed by atoms with Crippen molar-refractivity contribution in [2.45, 2.75) is 46.3 Å². The lowest BCUT2D eigenvalue weighted by Gasteiger charge is -2.31. The smallest absolute Gasteiger partial charge is 0.305 e. The van der Waals surface area contributed by atoms with E-state index in [2.05, 4.69) is 36.6 Å². The molecule has 11 heteroatoms. The van der Waals surface area contributed by atoms with Gasteiger partial charge in [-0.3, -0.25) is 14.4 Å². The van der Waals surface area contributed by atoms with Gasteiger partial charge in [-0.15, -0.1) is 0 Å². The maximum absolute atomic E-state index is 13.6. The Hall–Kier alpha value is -2.21. The molecular formula is C25H32Br2F2O7. The third-order valence-electron chi connectivity index (χ3n) is 4.71. The molecule has 0 fully saturated rings. The first-order valence-electron chi connectivity index (χ1n) is 9.82. The minimum absolute atomic E-state index is 0. The van der Waals surface area contributed by atoms with Gasteiger partial charge in [0.1, 0.15) is 11.6 Å². The van der Waals surface area contributed by atoms with Gasteiger partial charge in [-0.2, -0.15) is 0 Å². The molecule has 0 aliphatic heterocycles. The molecule has 0 spiro atoms. The van der Waals surface area contributed by atoms with Gasteiger partial charge in [0.25, 0.3) is 0 Å². The molecule has 2 aromatic rings. The van der Waals surface area contributed by atoms with Crippen molar-refractivity contribution in [3.05, 3.63) is 68.1 Å². The largest absolute Gasteiger partial charge is 0.481 e. The van der Waals surface area contributed by atoms with Crippen LogP contribution in [0.5, 0.6) is 0 Å². The van der Waals surface area contributed by atoms with Crippen molar-refractivity contribution in [3.63, 3.8) is 0 Å². The van der Waals surface area contributed by atoms with Gasteiger partial charge >= 0.3 is 11.9 Å². The lowest BCUT2D eigenvalue weighted by Crippen LogP contribution is -2.32. The third-order valence-corrected chi connectivity index (χ3v) is 6.00. The highest BCUT2D eigenvalue weighted by Gasteiger charge is 2.33. The monoisotopic (exact) mass is 640 g/mol. The Labute approximate surface area is 227 Å². The number of ketones is 1. The highest BCUT2D eigenvalue weighted by atomic mass is 79.9. The van der Waals surface area contributed by atoms with Crippen molar-refractivity contribution in [1.82, 2.24) is 0 Å². The van der Waals surface area contributed by atoms with Crippen molar-refractivity contribution >= 4 is 49.6 Å². The highest BCUT2D eigenvalue weighted by molar-refractivity contribution is 9.10. The minimum atomic E-state index is -1.17. The van der Waals surface area contributed by atoms with Crippen molar-refractivity contribution in [1.29, 1.82) is 0 Å².